The highest BCUT2D eigenvalue weighted by Crippen LogP contribution is 2.25. The van der Waals surface area contributed by atoms with Gasteiger partial charge in [0.2, 0.25) is 0 Å². The lowest BCUT2D eigenvalue weighted by Crippen LogP contribution is -2.49. The summed E-state index contributed by atoms with van der Waals surface area (Å²) in [7, 11) is 0. The Hall–Kier alpha value is -1.66. The number of ether oxygens (including phenoxy) is 1. The van der Waals surface area contributed by atoms with Crippen LogP contribution in [0.5, 0.6) is 0 Å². The van der Waals surface area contributed by atoms with Crippen molar-refractivity contribution in [3.8, 4) is 0 Å². The van der Waals surface area contributed by atoms with E-state index in [1.54, 1.807) is 26.0 Å². The van der Waals surface area contributed by atoms with Crippen molar-refractivity contribution in [3.05, 3.63) is 40.6 Å². The van der Waals surface area contributed by atoms with E-state index in [9.17, 15) is 9.59 Å². The fourth-order valence-corrected chi connectivity index (χ4v) is 3.07. The fraction of sp³-hybridized carbons (Fsp3) is 0.333. The predicted molar refractivity (Wildman–Crippen MR) is 87.0 cm³/mol. The first-order valence-corrected chi connectivity index (χ1v) is 8.23. The number of carbonyl (C=O) groups is 2. The van der Waals surface area contributed by atoms with Crippen molar-refractivity contribution in [2.45, 2.75) is 24.8 Å². The van der Waals surface area contributed by atoms with Gasteiger partial charge in [-0.25, -0.2) is 9.59 Å². The maximum Gasteiger partial charge on any atom is 0.337 e. The topological polar surface area (TPSA) is 67.4 Å². The standard InChI is InChI=1S/C15H17ClN2O3S/c1-3-21-14(19)13-9(2)17-15(20)18-12(13)8-22-11-6-4-10(16)5-7-11/h4-7,9H,3,8H2,1-2H3,(H2,17,18,20)/t9-/m0/s1. The summed E-state index contributed by atoms with van der Waals surface area (Å²) >= 11 is 7.37. The lowest BCUT2D eigenvalue weighted by Gasteiger charge is -2.26. The zero-order chi connectivity index (χ0) is 16.1. The van der Waals surface area contributed by atoms with Crippen LogP contribution in [0.2, 0.25) is 5.02 Å². The summed E-state index contributed by atoms with van der Waals surface area (Å²) in [5.74, 6) is 0.0577. The largest absolute Gasteiger partial charge is 0.463 e. The van der Waals surface area contributed by atoms with Crippen LogP contribution in [0.1, 0.15) is 13.8 Å². The number of hydrogen-bond donors (Lipinski definition) is 2. The summed E-state index contributed by atoms with van der Waals surface area (Å²) in [6.07, 6.45) is 0. The van der Waals surface area contributed by atoms with Gasteiger partial charge in [0.25, 0.3) is 0 Å². The summed E-state index contributed by atoms with van der Waals surface area (Å²) in [5.41, 5.74) is 1.04. The van der Waals surface area contributed by atoms with Crippen LogP contribution in [0, 0.1) is 0 Å². The number of hydrogen-bond acceptors (Lipinski definition) is 4. The van der Waals surface area contributed by atoms with Gasteiger partial charge in [-0.05, 0) is 38.1 Å². The van der Waals surface area contributed by atoms with Crippen LogP contribution >= 0.6 is 23.4 Å². The molecule has 1 aromatic rings. The van der Waals surface area contributed by atoms with Gasteiger partial charge in [-0.3, -0.25) is 0 Å². The number of urea groups is 1. The monoisotopic (exact) mass is 340 g/mol. The lowest BCUT2D eigenvalue weighted by molar-refractivity contribution is -0.138. The molecule has 0 spiro atoms. The van der Waals surface area contributed by atoms with E-state index in [1.807, 2.05) is 12.1 Å². The molecule has 2 N–H and O–H groups in total. The number of halogens is 1. The van der Waals surface area contributed by atoms with E-state index in [-0.39, 0.29) is 12.1 Å². The van der Waals surface area contributed by atoms with E-state index in [0.29, 0.717) is 28.7 Å². The average molecular weight is 341 g/mol. The molecule has 0 saturated heterocycles. The molecule has 1 aromatic carbocycles. The molecule has 7 heteroatoms. The van der Waals surface area contributed by atoms with E-state index in [2.05, 4.69) is 10.6 Å². The number of rotatable bonds is 5. The molecule has 0 aliphatic carbocycles. The first-order valence-electron chi connectivity index (χ1n) is 6.87. The third kappa shape index (κ3) is 4.18. The molecule has 0 fully saturated rings. The molecule has 5 nitrogen and oxygen atoms in total. The molecule has 2 rings (SSSR count). The van der Waals surface area contributed by atoms with Crippen molar-refractivity contribution < 1.29 is 14.3 Å². The van der Waals surface area contributed by atoms with Crippen molar-refractivity contribution in [2.24, 2.45) is 0 Å². The van der Waals surface area contributed by atoms with Gasteiger partial charge in [0, 0.05) is 21.4 Å². The van der Waals surface area contributed by atoms with E-state index in [0.717, 1.165) is 4.90 Å². The number of thioether (sulfide) groups is 1. The van der Waals surface area contributed by atoms with Crippen LogP contribution in [0.4, 0.5) is 4.79 Å². The number of nitrogens with one attached hydrogen (secondary N) is 2. The van der Waals surface area contributed by atoms with Gasteiger partial charge < -0.3 is 15.4 Å². The number of esters is 1. The summed E-state index contributed by atoms with van der Waals surface area (Å²) in [6.45, 7) is 3.80. The minimum atomic E-state index is -0.408. The maximum atomic E-state index is 12.1. The zero-order valence-corrected chi connectivity index (χ0v) is 13.9. The van der Waals surface area contributed by atoms with E-state index < -0.39 is 5.97 Å². The number of amides is 2. The second-order valence-electron chi connectivity index (χ2n) is 4.68. The van der Waals surface area contributed by atoms with Gasteiger partial charge in [0.05, 0.1) is 18.2 Å². The molecule has 0 unspecified atom stereocenters. The van der Waals surface area contributed by atoms with Crippen LogP contribution in [0.3, 0.4) is 0 Å². The molecule has 1 aliphatic heterocycles. The molecule has 0 bridgehead atoms. The summed E-state index contributed by atoms with van der Waals surface area (Å²) < 4.78 is 5.07. The summed E-state index contributed by atoms with van der Waals surface area (Å²) in [4.78, 5) is 24.7. The van der Waals surface area contributed by atoms with Crippen molar-refractivity contribution in [1.82, 2.24) is 10.6 Å². The van der Waals surface area contributed by atoms with Gasteiger partial charge in [-0.15, -0.1) is 11.8 Å². The average Bonchev–Trinajstić information content (AvgIpc) is 2.46. The van der Waals surface area contributed by atoms with Gasteiger partial charge in [0.15, 0.2) is 0 Å². The Bertz CT molecular complexity index is 601. The first-order chi connectivity index (χ1) is 10.5. The van der Waals surface area contributed by atoms with E-state index in [4.69, 9.17) is 16.3 Å². The minimum absolute atomic E-state index is 0.292. The van der Waals surface area contributed by atoms with Gasteiger partial charge in [0.1, 0.15) is 0 Å². The summed E-state index contributed by atoms with van der Waals surface area (Å²) in [6, 6.07) is 6.69. The Labute approximate surface area is 138 Å². The highest BCUT2D eigenvalue weighted by atomic mass is 35.5. The van der Waals surface area contributed by atoms with Crippen molar-refractivity contribution in [1.29, 1.82) is 0 Å². The minimum Gasteiger partial charge on any atom is -0.463 e. The number of carbonyl (C=O) groups excluding carboxylic acids is 2. The van der Waals surface area contributed by atoms with Crippen LogP contribution in [-0.2, 0) is 9.53 Å². The quantitative estimate of drug-likeness (QED) is 0.639. The Morgan fingerprint density at radius 3 is 2.68 bits per heavy atom. The molecule has 0 aromatic heterocycles. The predicted octanol–water partition coefficient (Wildman–Crippen LogP) is 2.95. The molecule has 1 aliphatic rings. The second-order valence-corrected chi connectivity index (χ2v) is 6.16. The lowest BCUT2D eigenvalue weighted by atomic mass is 10.1. The van der Waals surface area contributed by atoms with Crippen LogP contribution in [0.15, 0.2) is 40.4 Å². The molecule has 1 heterocycles. The smallest absolute Gasteiger partial charge is 0.337 e. The van der Waals surface area contributed by atoms with E-state index in [1.165, 1.54) is 11.8 Å². The molecule has 118 valence electrons. The third-order valence-corrected chi connectivity index (χ3v) is 4.35. The molecular formula is C15H17ClN2O3S. The molecular weight excluding hydrogens is 324 g/mol. The van der Waals surface area contributed by atoms with Crippen molar-refractivity contribution in [3.63, 3.8) is 0 Å². The molecule has 0 radical (unpaired) electrons. The Morgan fingerprint density at radius 1 is 1.36 bits per heavy atom. The van der Waals surface area contributed by atoms with Crippen LogP contribution in [-0.4, -0.2) is 30.4 Å². The second kappa shape index (κ2) is 7.56. The normalized spacial score (nSPS) is 17.8. The van der Waals surface area contributed by atoms with Crippen LogP contribution < -0.4 is 10.6 Å². The summed E-state index contributed by atoms with van der Waals surface area (Å²) in [5, 5.41) is 6.03. The van der Waals surface area contributed by atoms with Crippen molar-refractivity contribution in [2.75, 3.05) is 12.4 Å². The molecule has 22 heavy (non-hydrogen) atoms. The van der Waals surface area contributed by atoms with Gasteiger partial charge in [-0.2, -0.15) is 0 Å². The SMILES string of the molecule is CCOC(=O)C1=C(CSc2ccc(Cl)cc2)NC(=O)N[C@H]1C. The Kier molecular flexibility index (Phi) is 5.74. The van der Waals surface area contributed by atoms with Crippen LogP contribution in [0.25, 0.3) is 0 Å². The van der Waals surface area contributed by atoms with Gasteiger partial charge in [-0.1, -0.05) is 11.6 Å². The zero-order valence-electron chi connectivity index (χ0n) is 12.3. The number of benzene rings is 1. The maximum absolute atomic E-state index is 12.1. The van der Waals surface area contributed by atoms with Gasteiger partial charge >= 0.3 is 12.0 Å². The molecule has 1 atom stereocenters. The highest BCUT2D eigenvalue weighted by molar-refractivity contribution is 7.99. The molecule has 0 saturated carbocycles. The van der Waals surface area contributed by atoms with Crippen molar-refractivity contribution >= 4 is 35.4 Å². The first kappa shape index (κ1) is 16.7. The Balaban J connectivity index is 2.18. The van der Waals surface area contributed by atoms with E-state index >= 15 is 0 Å². The fourth-order valence-electron chi connectivity index (χ4n) is 2.08. The third-order valence-electron chi connectivity index (χ3n) is 3.06. The highest BCUT2D eigenvalue weighted by Gasteiger charge is 2.29. The Morgan fingerprint density at radius 2 is 2.05 bits per heavy atom. The molecule has 2 amide bonds.